The number of fused-ring (bicyclic) bond motifs is 1. The molecule has 6 heteroatoms. The Balaban J connectivity index is 1.46. The lowest BCUT2D eigenvalue weighted by molar-refractivity contribution is -0.126. The van der Waals surface area contributed by atoms with Crippen molar-refractivity contribution in [1.29, 1.82) is 0 Å². The molecule has 2 aliphatic rings. The fourth-order valence-electron chi connectivity index (χ4n) is 4.27. The average molecular weight is 399 g/mol. The van der Waals surface area contributed by atoms with Gasteiger partial charge in [0.25, 0.3) is 0 Å². The normalized spacial score (nSPS) is 20.3. The van der Waals surface area contributed by atoms with Gasteiger partial charge >= 0.3 is 0 Å². The smallest absolute Gasteiger partial charge is 0.226 e. The average Bonchev–Trinajstić information content (AvgIpc) is 2.77. The largest absolute Gasteiger partial charge is 0.493 e. The Labute approximate surface area is 170 Å². The minimum atomic E-state index is -0.313. The minimum Gasteiger partial charge on any atom is -0.493 e. The molecule has 2 aliphatic heterocycles. The maximum Gasteiger partial charge on any atom is 0.226 e. The van der Waals surface area contributed by atoms with Crippen LogP contribution < -0.4 is 14.8 Å². The maximum atomic E-state index is 13.8. The number of ether oxygens (including phenoxy) is 3. The fourth-order valence-corrected chi connectivity index (χ4v) is 4.27. The molecule has 0 aromatic heterocycles. The number of methoxy groups -OCH3 is 1. The first kappa shape index (κ1) is 19.7. The molecule has 1 amide bonds. The van der Waals surface area contributed by atoms with Gasteiger partial charge in [0, 0.05) is 25.2 Å². The van der Waals surface area contributed by atoms with Gasteiger partial charge in [-0.05, 0) is 48.6 Å². The zero-order chi connectivity index (χ0) is 20.3. The number of carbonyl (C=O) groups excluding carboxylic acids is 1. The van der Waals surface area contributed by atoms with Crippen LogP contribution in [-0.2, 0) is 21.4 Å². The lowest BCUT2D eigenvalue weighted by Gasteiger charge is -2.38. The highest BCUT2D eigenvalue weighted by molar-refractivity contribution is 5.80. The Morgan fingerprint density at radius 1 is 1.24 bits per heavy atom. The Kier molecular flexibility index (Phi) is 5.72. The van der Waals surface area contributed by atoms with Gasteiger partial charge in [-0.1, -0.05) is 24.3 Å². The van der Waals surface area contributed by atoms with Crippen LogP contribution in [0.1, 0.15) is 24.0 Å². The minimum absolute atomic E-state index is 0.0410. The number of hydrogen-bond acceptors (Lipinski definition) is 4. The number of nitrogens with one attached hydrogen (secondary N) is 1. The molecule has 0 unspecified atom stereocenters. The van der Waals surface area contributed by atoms with Crippen LogP contribution in [-0.4, -0.2) is 39.4 Å². The standard InChI is InChI=1S/C23H26FNO4/c1-27-20-7-2-4-16-12-17(14-29-21(16)20)22(26)25-15-23(8-10-28-11-9-23)18-5-3-6-19(24)13-18/h2-7,13,17H,8-12,14-15H2,1H3,(H,25,26)/t17-/m0/s1. The van der Waals surface area contributed by atoms with E-state index in [9.17, 15) is 9.18 Å². The number of rotatable bonds is 5. The van der Waals surface area contributed by atoms with Gasteiger partial charge in [-0.15, -0.1) is 0 Å². The molecule has 0 spiro atoms. The molecule has 1 saturated heterocycles. The molecule has 2 heterocycles. The lowest BCUT2D eigenvalue weighted by atomic mass is 9.74. The zero-order valence-corrected chi connectivity index (χ0v) is 16.6. The first-order valence-electron chi connectivity index (χ1n) is 10.0. The second-order valence-electron chi connectivity index (χ2n) is 7.78. The van der Waals surface area contributed by atoms with Crippen molar-refractivity contribution in [2.45, 2.75) is 24.7 Å². The zero-order valence-electron chi connectivity index (χ0n) is 16.6. The Morgan fingerprint density at radius 3 is 2.79 bits per heavy atom. The molecule has 5 nitrogen and oxygen atoms in total. The highest BCUT2D eigenvalue weighted by Gasteiger charge is 2.36. The van der Waals surface area contributed by atoms with Crippen molar-refractivity contribution in [1.82, 2.24) is 5.32 Å². The van der Waals surface area contributed by atoms with Gasteiger partial charge in [0.1, 0.15) is 12.4 Å². The third-order valence-corrected chi connectivity index (χ3v) is 6.03. The van der Waals surface area contributed by atoms with Crippen molar-refractivity contribution in [2.24, 2.45) is 5.92 Å². The van der Waals surface area contributed by atoms with E-state index in [0.29, 0.717) is 38.5 Å². The molecular formula is C23H26FNO4. The van der Waals surface area contributed by atoms with E-state index in [4.69, 9.17) is 14.2 Å². The number of hydrogen-bond donors (Lipinski definition) is 1. The van der Waals surface area contributed by atoms with E-state index < -0.39 is 0 Å². The second kappa shape index (κ2) is 8.41. The maximum absolute atomic E-state index is 13.8. The summed E-state index contributed by atoms with van der Waals surface area (Å²) in [6.07, 6.45) is 2.10. The summed E-state index contributed by atoms with van der Waals surface area (Å²) >= 11 is 0. The van der Waals surface area contributed by atoms with Crippen LogP contribution >= 0.6 is 0 Å². The van der Waals surface area contributed by atoms with Crippen molar-refractivity contribution in [3.63, 3.8) is 0 Å². The summed E-state index contributed by atoms with van der Waals surface area (Å²) in [6.45, 7) is 1.98. The molecule has 4 rings (SSSR count). The van der Waals surface area contributed by atoms with Crippen LogP contribution in [0.2, 0.25) is 0 Å². The molecule has 0 aliphatic carbocycles. The summed E-state index contributed by atoms with van der Waals surface area (Å²) in [7, 11) is 1.61. The van der Waals surface area contributed by atoms with E-state index in [2.05, 4.69) is 5.32 Å². The molecule has 2 aromatic carbocycles. The summed E-state index contributed by atoms with van der Waals surface area (Å²) in [5.41, 5.74) is 1.57. The fraction of sp³-hybridized carbons (Fsp3) is 0.435. The van der Waals surface area contributed by atoms with E-state index in [1.54, 1.807) is 19.2 Å². The quantitative estimate of drug-likeness (QED) is 0.839. The molecule has 154 valence electrons. The summed E-state index contributed by atoms with van der Waals surface area (Å²) in [5, 5.41) is 3.11. The number of halogens is 1. The van der Waals surface area contributed by atoms with Crippen LogP contribution in [0, 0.1) is 11.7 Å². The van der Waals surface area contributed by atoms with Gasteiger partial charge in [0.2, 0.25) is 5.91 Å². The Morgan fingerprint density at radius 2 is 2.03 bits per heavy atom. The second-order valence-corrected chi connectivity index (χ2v) is 7.78. The lowest BCUT2D eigenvalue weighted by Crippen LogP contribution is -2.47. The Bertz CT molecular complexity index is 879. The molecule has 2 aromatic rings. The molecule has 0 saturated carbocycles. The van der Waals surface area contributed by atoms with Gasteiger partial charge in [-0.2, -0.15) is 0 Å². The molecular weight excluding hydrogens is 373 g/mol. The third kappa shape index (κ3) is 4.08. The van der Waals surface area contributed by atoms with Crippen LogP contribution in [0.25, 0.3) is 0 Å². The topological polar surface area (TPSA) is 56.8 Å². The summed E-state index contributed by atoms with van der Waals surface area (Å²) in [6, 6.07) is 12.4. The van der Waals surface area contributed by atoms with E-state index in [-0.39, 0.29) is 23.1 Å². The molecule has 1 N–H and O–H groups in total. The summed E-state index contributed by atoms with van der Waals surface area (Å²) in [4.78, 5) is 12.9. The number of benzene rings is 2. The van der Waals surface area contributed by atoms with Crippen molar-refractivity contribution >= 4 is 5.91 Å². The van der Waals surface area contributed by atoms with Gasteiger partial charge < -0.3 is 19.5 Å². The van der Waals surface area contributed by atoms with E-state index in [1.807, 2.05) is 24.3 Å². The van der Waals surface area contributed by atoms with Gasteiger partial charge in [0.15, 0.2) is 11.5 Å². The van der Waals surface area contributed by atoms with E-state index in [0.717, 1.165) is 29.7 Å². The van der Waals surface area contributed by atoms with Gasteiger partial charge in [-0.3, -0.25) is 4.79 Å². The predicted octanol–water partition coefficient (Wildman–Crippen LogP) is 3.25. The van der Waals surface area contributed by atoms with Crippen molar-refractivity contribution in [3.8, 4) is 11.5 Å². The highest BCUT2D eigenvalue weighted by atomic mass is 19.1. The number of carbonyl (C=O) groups is 1. The Hall–Kier alpha value is -2.60. The van der Waals surface area contributed by atoms with Crippen molar-refractivity contribution in [2.75, 3.05) is 33.5 Å². The molecule has 1 fully saturated rings. The molecule has 0 radical (unpaired) electrons. The predicted molar refractivity (Wildman–Crippen MR) is 107 cm³/mol. The summed E-state index contributed by atoms with van der Waals surface area (Å²) < 4.78 is 30.5. The third-order valence-electron chi connectivity index (χ3n) is 6.03. The molecule has 1 atom stereocenters. The van der Waals surface area contributed by atoms with Crippen molar-refractivity contribution < 1.29 is 23.4 Å². The van der Waals surface area contributed by atoms with Crippen LogP contribution in [0.15, 0.2) is 42.5 Å². The molecule has 0 bridgehead atoms. The number of para-hydroxylation sites is 1. The van der Waals surface area contributed by atoms with Crippen LogP contribution in [0.3, 0.4) is 0 Å². The monoisotopic (exact) mass is 399 g/mol. The van der Waals surface area contributed by atoms with E-state index in [1.165, 1.54) is 6.07 Å². The van der Waals surface area contributed by atoms with Crippen molar-refractivity contribution in [3.05, 3.63) is 59.4 Å². The number of amides is 1. The molecule has 29 heavy (non-hydrogen) atoms. The van der Waals surface area contributed by atoms with E-state index >= 15 is 0 Å². The first-order chi connectivity index (χ1) is 14.1. The van der Waals surface area contributed by atoms with Gasteiger partial charge in [-0.25, -0.2) is 4.39 Å². The SMILES string of the molecule is COc1cccc2c1OC[C@@H](C(=O)NCC1(c3cccc(F)c3)CCOCC1)C2. The van der Waals surface area contributed by atoms with Crippen LogP contribution in [0.4, 0.5) is 4.39 Å². The first-order valence-corrected chi connectivity index (χ1v) is 10.0. The van der Waals surface area contributed by atoms with Gasteiger partial charge in [0.05, 0.1) is 13.0 Å². The van der Waals surface area contributed by atoms with Crippen LogP contribution in [0.5, 0.6) is 11.5 Å². The highest BCUT2D eigenvalue weighted by Crippen LogP contribution is 2.37. The summed E-state index contributed by atoms with van der Waals surface area (Å²) in [5.74, 6) is 0.846.